The van der Waals surface area contributed by atoms with Crippen molar-refractivity contribution in [3.05, 3.63) is 42.0 Å². The van der Waals surface area contributed by atoms with E-state index in [1.807, 2.05) is 18.2 Å². The molecule has 0 aliphatic carbocycles. The lowest BCUT2D eigenvalue weighted by Crippen LogP contribution is -2.36. The summed E-state index contributed by atoms with van der Waals surface area (Å²) >= 11 is 0. The van der Waals surface area contributed by atoms with E-state index in [2.05, 4.69) is 33.1 Å². The second-order valence-electron chi connectivity index (χ2n) is 4.88. The van der Waals surface area contributed by atoms with Gasteiger partial charge in [-0.05, 0) is 6.07 Å². The van der Waals surface area contributed by atoms with Gasteiger partial charge in [-0.1, -0.05) is 12.1 Å². The van der Waals surface area contributed by atoms with Crippen molar-refractivity contribution < 1.29 is 9.13 Å². The highest BCUT2D eigenvalue weighted by molar-refractivity contribution is 5.89. The summed E-state index contributed by atoms with van der Waals surface area (Å²) in [6, 6.07) is 5.74. The van der Waals surface area contributed by atoms with E-state index in [4.69, 9.17) is 21.1 Å². The van der Waals surface area contributed by atoms with Gasteiger partial charge in [0.25, 0.3) is 0 Å². The molecule has 0 radical (unpaired) electrons. The predicted octanol–water partition coefficient (Wildman–Crippen LogP) is 1.69. The number of hydrogen-bond donors (Lipinski definition) is 1. The molecule has 2 aromatic rings. The van der Waals surface area contributed by atoms with E-state index in [1.54, 1.807) is 6.21 Å². The van der Waals surface area contributed by atoms with E-state index in [0.717, 1.165) is 42.3 Å². The number of hydrogen-bond acceptors (Lipinski definition) is 8. The Morgan fingerprint density at radius 1 is 1.15 bits per heavy atom. The Kier molecular flexibility index (Phi) is 8.73. The molecule has 26 heavy (non-hydrogen) atoms. The maximum absolute atomic E-state index is 13.0. The zero-order chi connectivity index (χ0) is 19.4. The fourth-order valence-corrected chi connectivity index (χ4v) is 2.41. The normalized spacial score (nSPS) is 13.2. The van der Waals surface area contributed by atoms with Gasteiger partial charge >= 0.3 is 0 Å². The summed E-state index contributed by atoms with van der Waals surface area (Å²) in [5, 5.41) is 16.6. The highest BCUT2D eigenvalue weighted by atomic mass is 19.1. The largest absolute Gasteiger partial charge is 0.378 e. The van der Waals surface area contributed by atoms with Crippen LogP contribution in [0.15, 0.2) is 35.7 Å². The molecule has 0 saturated carbocycles. The van der Waals surface area contributed by atoms with Crippen LogP contribution >= 0.6 is 0 Å². The van der Waals surface area contributed by atoms with Crippen molar-refractivity contribution >= 4 is 11.9 Å². The number of anilines is 1. The van der Waals surface area contributed by atoms with Gasteiger partial charge in [-0.25, -0.2) is 24.9 Å². The third-order valence-corrected chi connectivity index (χ3v) is 3.47. The first-order chi connectivity index (χ1) is 12.8. The number of morpholine rings is 1. The van der Waals surface area contributed by atoms with Crippen LogP contribution in [0.25, 0.3) is 11.4 Å². The lowest BCUT2D eigenvalue weighted by atomic mass is 10.1. The summed E-state index contributed by atoms with van der Waals surface area (Å²) in [4.78, 5) is 10.2. The fourth-order valence-electron chi connectivity index (χ4n) is 2.41. The van der Waals surface area contributed by atoms with Gasteiger partial charge < -0.3 is 15.5 Å². The van der Waals surface area contributed by atoms with Crippen LogP contribution in [0, 0.1) is 29.5 Å². The molecule has 1 fully saturated rings. The van der Waals surface area contributed by atoms with Gasteiger partial charge in [0.05, 0.1) is 31.8 Å². The maximum Gasteiger partial charge on any atom is 0.159 e. The third kappa shape index (κ3) is 5.23. The molecule has 2 heterocycles. The molecule has 1 aromatic heterocycles. The topological polar surface area (TPSA) is 124 Å². The van der Waals surface area contributed by atoms with Crippen LogP contribution in [0.3, 0.4) is 0 Å². The van der Waals surface area contributed by atoms with Crippen molar-refractivity contribution in [2.75, 3.05) is 31.2 Å². The summed E-state index contributed by atoms with van der Waals surface area (Å²) in [5.74, 6) is 5.31. The van der Waals surface area contributed by atoms with Crippen LogP contribution in [0.4, 0.5) is 10.1 Å². The molecule has 0 bridgehead atoms. The van der Waals surface area contributed by atoms with Gasteiger partial charge in [0.1, 0.15) is 0 Å². The van der Waals surface area contributed by atoms with Gasteiger partial charge in [0.2, 0.25) is 0 Å². The van der Waals surface area contributed by atoms with Gasteiger partial charge in [-0.2, -0.15) is 5.10 Å². The van der Waals surface area contributed by atoms with Crippen LogP contribution in [0.1, 0.15) is 5.56 Å². The summed E-state index contributed by atoms with van der Waals surface area (Å²) in [5.41, 5.74) is 2.72. The number of nitrogens with two attached hydrogens (primary N) is 1. The summed E-state index contributed by atoms with van der Waals surface area (Å²) in [7, 11) is 0. The minimum absolute atomic E-state index is 0.455. The standard InChI is InChI=1S/C15H16FN5O.2CHN/c16-13-9-18-15(19-10-13)11-1-2-12(8-20-17)14(7-11)21-3-5-22-6-4-21;2*1-2/h1-2,7-10H,3-6,17H2;2*1H. The Hall–Kier alpha value is -3.56. The number of benzene rings is 1. The molecular formula is C17H18FN7O. The Morgan fingerprint density at radius 3 is 2.35 bits per heavy atom. The number of hydrazone groups is 1. The van der Waals surface area contributed by atoms with Crippen molar-refractivity contribution in [3.8, 4) is 24.5 Å². The lowest BCUT2D eigenvalue weighted by Gasteiger charge is -2.30. The highest BCUT2D eigenvalue weighted by Crippen LogP contribution is 2.26. The molecule has 1 aromatic carbocycles. The van der Waals surface area contributed by atoms with E-state index in [0.29, 0.717) is 19.0 Å². The van der Waals surface area contributed by atoms with E-state index in [-0.39, 0.29) is 0 Å². The molecule has 9 heteroatoms. The molecule has 1 aliphatic rings. The zero-order valence-electron chi connectivity index (χ0n) is 14.0. The Balaban J connectivity index is 0.000000791. The molecule has 3 rings (SSSR count). The summed E-state index contributed by atoms with van der Waals surface area (Å²) in [6.07, 6.45) is 3.93. The van der Waals surface area contributed by atoms with Crippen LogP contribution in [0.5, 0.6) is 0 Å². The van der Waals surface area contributed by atoms with E-state index in [9.17, 15) is 4.39 Å². The first-order valence-corrected chi connectivity index (χ1v) is 7.47. The molecular weight excluding hydrogens is 337 g/mol. The van der Waals surface area contributed by atoms with Crippen molar-refractivity contribution in [3.63, 3.8) is 0 Å². The molecule has 8 nitrogen and oxygen atoms in total. The number of nitriles is 2. The van der Waals surface area contributed by atoms with Crippen LogP contribution in [-0.2, 0) is 4.74 Å². The lowest BCUT2D eigenvalue weighted by molar-refractivity contribution is 0.122. The number of aromatic nitrogens is 2. The number of nitrogens with zero attached hydrogens (tertiary/aromatic N) is 6. The molecule has 0 atom stereocenters. The Bertz CT molecular complexity index is 747. The minimum Gasteiger partial charge on any atom is -0.378 e. The average molecular weight is 355 g/mol. The zero-order valence-corrected chi connectivity index (χ0v) is 14.0. The second kappa shape index (κ2) is 11.1. The summed E-state index contributed by atoms with van der Waals surface area (Å²) in [6.45, 7) is 9.94. The molecule has 0 unspecified atom stereocenters. The minimum atomic E-state index is -0.455. The SMILES string of the molecule is C#N.C#N.NN=Cc1ccc(-c2ncc(F)cn2)cc1N1CCOCC1. The number of halogens is 1. The van der Waals surface area contributed by atoms with Crippen molar-refractivity contribution in [2.45, 2.75) is 0 Å². The molecule has 1 aliphatic heterocycles. The number of rotatable bonds is 3. The Labute approximate surface area is 151 Å². The second-order valence-corrected chi connectivity index (χ2v) is 4.88. The third-order valence-electron chi connectivity index (χ3n) is 3.47. The monoisotopic (exact) mass is 355 g/mol. The smallest absolute Gasteiger partial charge is 0.159 e. The highest BCUT2D eigenvalue weighted by Gasteiger charge is 2.16. The van der Waals surface area contributed by atoms with E-state index >= 15 is 0 Å². The molecule has 0 spiro atoms. The van der Waals surface area contributed by atoms with Crippen molar-refractivity contribution in [1.82, 2.24) is 9.97 Å². The average Bonchev–Trinajstić information content (AvgIpc) is 2.73. The van der Waals surface area contributed by atoms with Gasteiger partial charge in [0, 0.05) is 43.0 Å². The molecule has 1 saturated heterocycles. The summed E-state index contributed by atoms with van der Waals surface area (Å²) < 4.78 is 18.3. The van der Waals surface area contributed by atoms with Crippen LogP contribution in [0.2, 0.25) is 0 Å². The Morgan fingerprint density at radius 2 is 1.77 bits per heavy atom. The van der Waals surface area contributed by atoms with E-state index < -0.39 is 5.82 Å². The fraction of sp³-hybridized carbons (Fsp3) is 0.235. The molecule has 0 amide bonds. The first-order valence-electron chi connectivity index (χ1n) is 7.47. The molecule has 2 N–H and O–H groups in total. The number of ether oxygens (including phenoxy) is 1. The van der Waals surface area contributed by atoms with Crippen LogP contribution < -0.4 is 10.7 Å². The van der Waals surface area contributed by atoms with Gasteiger partial charge in [-0.3, -0.25) is 0 Å². The maximum atomic E-state index is 13.0. The van der Waals surface area contributed by atoms with Gasteiger partial charge in [-0.15, -0.1) is 0 Å². The van der Waals surface area contributed by atoms with Crippen molar-refractivity contribution in [1.29, 1.82) is 10.5 Å². The molecule has 134 valence electrons. The van der Waals surface area contributed by atoms with E-state index in [1.165, 1.54) is 0 Å². The van der Waals surface area contributed by atoms with Crippen LogP contribution in [-0.4, -0.2) is 42.5 Å². The predicted molar refractivity (Wildman–Crippen MR) is 95.6 cm³/mol. The quantitative estimate of drug-likeness (QED) is 0.504. The van der Waals surface area contributed by atoms with Gasteiger partial charge in [0.15, 0.2) is 11.6 Å². The van der Waals surface area contributed by atoms with Crippen molar-refractivity contribution in [2.24, 2.45) is 10.9 Å². The first kappa shape index (κ1) is 20.5.